The Labute approximate surface area is 142 Å². The molecule has 0 unspecified atom stereocenters. The van der Waals surface area contributed by atoms with Gasteiger partial charge in [-0.25, -0.2) is 8.42 Å². The van der Waals surface area contributed by atoms with Crippen LogP contribution in [0.25, 0.3) is 0 Å². The summed E-state index contributed by atoms with van der Waals surface area (Å²) in [6, 6.07) is 7.68. The van der Waals surface area contributed by atoms with Crippen LogP contribution in [0.15, 0.2) is 42.9 Å². The van der Waals surface area contributed by atoms with Gasteiger partial charge in [0.25, 0.3) is 0 Å². The number of hydrogen-bond donors (Lipinski definition) is 0. The number of hydrogen-bond acceptors (Lipinski definition) is 5. The van der Waals surface area contributed by atoms with Gasteiger partial charge in [0.1, 0.15) is 0 Å². The summed E-state index contributed by atoms with van der Waals surface area (Å²) in [4.78, 5) is 11.1. The maximum Gasteiger partial charge on any atom is 0.232 e. The molecule has 0 radical (unpaired) electrons. The van der Waals surface area contributed by atoms with Gasteiger partial charge in [0.2, 0.25) is 10.0 Å². The molecule has 2 aliphatic rings. The lowest BCUT2D eigenvalue weighted by molar-refractivity contribution is 0.306. The molecule has 1 spiro atoms. The minimum absolute atomic E-state index is 0.206. The lowest BCUT2D eigenvalue weighted by atomic mass is 9.85. The molecule has 0 saturated carbocycles. The summed E-state index contributed by atoms with van der Waals surface area (Å²) < 4.78 is 25.9. The molecule has 7 heteroatoms. The molecular formula is C17H20N4O2S. The van der Waals surface area contributed by atoms with Crippen molar-refractivity contribution >= 4 is 15.7 Å². The summed E-state index contributed by atoms with van der Waals surface area (Å²) in [5.74, 6) is 0. The lowest BCUT2D eigenvalue weighted by Gasteiger charge is -2.25. The van der Waals surface area contributed by atoms with Gasteiger partial charge in [-0.1, -0.05) is 6.07 Å². The maximum atomic E-state index is 12.2. The van der Waals surface area contributed by atoms with Crippen molar-refractivity contribution < 1.29 is 8.42 Å². The van der Waals surface area contributed by atoms with E-state index < -0.39 is 10.0 Å². The van der Waals surface area contributed by atoms with Gasteiger partial charge in [0, 0.05) is 43.6 Å². The molecule has 0 bridgehead atoms. The summed E-state index contributed by atoms with van der Waals surface area (Å²) in [6.07, 6.45) is 7.61. The Balaban J connectivity index is 1.63. The molecule has 0 N–H and O–H groups in total. The molecule has 24 heavy (non-hydrogen) atoms. The molecule has 6 nitrogen and oxygen atoms in total. The van der Waals surface area contributed by atoms with E-state index in [0.717, 1.165) is 37.4 Å². The Morgan fingerprint density at radius 1 is 1.21 bits per heavy atom. The summed E-state index contributed by atoms with van der Waals surface area (Å²) >= 11 is 0. The number of rotatable bonds is 3. The van der Waals surface area contributed by atoms with Crippen molar-refractivity contribution in [3.05, 3.63) is 54.1 Å². The van der Waals surface area contributed by atoms with E-state index in [9.17, 15) is 8.42 Å². The van der Waals surface area contributed by atoms with E-state index in [2.05, 4.69) is 20.9 Å². The first-order chi connectivity index (χ1) is 11.5. The van der Waals surface area contributed by atoms with Gasteiger partial charge in [-0.15, -0.1) is 0 Å². The molecule has 1 saturated heterocycles. The average molecular weight is 344 g/mol. The predicted molar refractivity (Wildman–Crippen MR) is 92.2 cm³/mol. The smallest absolute Gasteiger partial charge is 0.232 e. The van der Waals surface area contributed by atoms with E-state index in [1.54, 1.807) is 18.5 Å². The van der Waals surface area contributed by atoms with Crippen molar-refractivity contribution in [2.75, 3.05) is 30.2 Å². The number of anilines is 1. The third-order valence-corrected chi connectivity index (χ3v) is 6.09. The second kappa shape index (κ2) is 5.53. The highest BCUT2D eigenvalue weighted by molar-refractivity contribution is 7.92. The zero-order chi connectivity index (χ0) is 16.8. The Kier molecular flexibility index (Phi) is 3.58. The second-order valence-corrected chi connectivity index (χ2v) is 8.65. The van der Waals surface area contributed by atoms with E-state index in [1.165, 1.54) is 16.1 Å². The van der Waals surface area contributed by atoms with Gasteiger partial charge in [0.15, 0.2) is 0 Å². The van der Waals surface area contributed by atoms with Crippen LogP contribution in [-0.2, 0) is 22.0 Å². The molecule has 2 aromatic heterocycles. The number of sulfonamides is 1. The monoisotopic (exact) mass is 344 g/mol. The fraction of sp³-hybridized carbons (Fsp3) is 0.412. The average Bonchev–Trinajstić information content (AvgIpc) is 3.11. The van der Waals surface area contributed by atoms with Gasteiger partial charge in [-0.2, -0.15) is 0 Å². The van der Waals surface area contributed by atoms with Crippen LogP contribution in [0.3, 0.4) is 0 Å². The SMILES string of the molecule is CS(=O)(=O)N1C[C@@]2(CCN(Cc3cccnc3)C2)c2ncccc21. The van der Waals surface area contributed by atoms with E-state index in [4.69, 9.17) is 0 Å². The third-order valence-electron chi connectivity index (χ3n) is 4.97. The number of nitrogens with zero attached hydrogens (tertiary/aromatic N) is 4. The highest BCUT2D eigenvalue weighted by atomic mass is 32.2. The minimum Gasteiger partial charge on any atom is -0.298 e. The second-order valence-electron chi connectivity index (χ2n) is 6.74. The van der Waals surface area contributed by atoms with Crippen LogP contribution in [0.1, 0.15) is 17.7 Å². The van der Waals surface area contributed by atoms with Crippen LogP contribution in [0.2, 0.25) is 0 Å². The number of likely N-dealkylation sites (tertiary alicyclic amines) is 1. The van der Waals surface area contributed by atoms with Gasteiger partial charge in [0.05, 0.1) is 17.6 Å². The largest absolute Gasteiger partial charge is 0.298 e. The summed E-state index contributed by atoms with van der Waals surface area (Å²) in [7, 11) is -3.29. The zero-order valence-electron chi connectivity index (χ0n) is 13.6. The number of pyridine rings is 2. The highest BCUT2D eigenvalue weighted by Gasteiger charge is 2.50. The molecule has 0 aliphatic carbocycles. The van der Waals surface area contributed by atoms with Crippen molar-refractivity contribution in [3.8, 4) is 0 Å². The van der Waals surface area contributed by atoms with Crippen molar-refractivity contribution in [3.63, 3.8) is 0 Å². The molecule has 2 aliphatic heterocycles. The molecule has 2 aromatic rings. The molecular weight excluding hydrogens is 324 g/mol. The normalized spacial score (nSPS) is 23.8. The molecule has 4 heterocycles. The molecule has 126 valence electrons. The van der Waals surface area contributed by atoms with Gasteiger partial charge in [-0.05, 0) is 36.7 Å². The van der Waals surface area contributed by atoms with Gasteiger partial charge >= 0.3 is 0 Å². The first-order valence-electron chi connectivity index (χ1n) is 8.02. The van der Waals surface area contributed by atoms with Crippen LogP contribution >= 0.6 is 0 Å². The summed E-state index contributed by atoms with van der Waals surface area (Å²) in [5.41, 5.74) is 2.63. The minimum atomic E-state index is -3.29. The Morgan fingerprint density at radius 2 is 2.04 bits per heavy atom. The predicted octanol–water partition coefficient (Wildman–Crippen LogP) is 1.40. The first-order valence-corrected chi connectivity index (χ1v) is 9.87. The van der Waals surface area contributed by atoms with Crippen molar-refractivity contribution in [2.24, 2.45) is 0 Å². The van der Waals surface area contributed by atoms with Gasteiger partial charge in [-0.3, -0.25) is 19.2 Å². The van der Waals surface area contributed by atoms with E-state index in [0.29, 0.717) is 6.54 Å². The van der Waals surface area contributed by atoms with E-state index in [-0.39, 0.29) is 5.41 Å². The molecule has 0 amide bonds. The van der Waals surface area contributed by atoms with Crippen LogP contribution in [-0.4, -0.2) is 49.2 Å². The van der Waals surface area contributed by atoms with Crippen LogP contribution in [0.5, 0.6) is 0 Å². The summed E-state index contributed by atoms with van der Waals surface area (Å²) in [5, 5.41) is 0. The fourth-order valence-corrected chi connectivity index (χ4v) is 4.89. The molecule has 0 aromatic carbocycles. The summed E-state index contributed by atoms with van der Waals surface area (Å²) in [6.45, 7) is 3.07. The number of fused-ring (bicyclic) bond motifs is 2. The van der Waals surface area contributed by atoms with Crippen molar-refractivity contribution in [2.45, 2.75) is 18.4 Å². The topological polar surface area (TPSA) is 66.4 Å². The maximum absolute atomic E-state index is 12.2. The lowest BCUT2D eigenvalue weighted by Crippen LogP contribution is -2.38. The van der Waals surface area contributed by atoms with Crippen LogP contribution < -0.4 is 4.31 Å². The van der Waals surface area contributed by atoms with Crippen molar-refractivity contribution in [1.29, 1.82) is 0 Å². The van der Waals surface area contributed by atoms with Crippen LogP contribution in [0.4, 0.5) is 5.69 Å². The Hall–Kier alpha value is -1.99. The molecule has 1 fully saturated rings. The zero-order valence-corrected chi connectivity index (χ0v) is 14.4. The van der Waals surface area contributed by atoms with Crippen LogP contribution in [0, 0.1) is 0 Å². The third kappa shape index (κ3) is 2.57. The highest BCUT2D eigenvalue weighted by Crippen LogP contribution is 2.46. The number of aromatic nitrogens is 2. The first kappa shape index (κ1) is 15.5. The van der Waals surface area contributed by atoms with E-state index >= 15 is 0 Å². The Bertz CT molecular complexity index is 856. The van der Waals surface area contributed by atoms with Gasteiger partial charge < -0.3 is 0 Å². The quantitative estimate of drug-likeness (QED) is 0.842. The molecule has 1 atom stereocenters. The van der Waals surface area contributed by atoms with E-state index in [1.807, 2.05) is 18.3 Å². The Morgan fingerprint density at radius 3 is 2.79 bits per heavy atom. The standard InChI is InChI=1S/C17H20N4O2S/c1-24(22,23)21-13-17(16-15(21)5-3-8-19-16)6-9-20(12-17)11-14-4-2-7-18-10-14/h2-5,7-8,10H,6,9,11-13H2,1H3/t17-/m0/s1. The van der Waals surface area contributed by atoms with Crippen molar-refractivity contribution in [1.82, 2.24) is 14.9 Å². The fourth-order valence-electron chi connectivity index (χ4n) is 3.90. The molecule has 4 rings (SSSR count).